The molecule has 0 aromatic carbocycles. The zero-order valence-electron chi connectivity index (χ0n) is 11.5. The van der Waals surface area contributed by atoms with Gasteiger partial charge in [0.05, 0.1) is 5.71 Å². The number of carboxylic acid groups (broad SMARTS) is 1. The Bertz CT molecular complexity index is 349. The zero-order chi connectivity index (χ0) is 13.3. The van der Waals surface area contributed by atoms with Crippen LogP contribution in [0.2, 0.25) is 0 Å². The standard InChI is InChI=1S/C14H23NO3/c1-14(2,3)10-6-4-9(5-7-10)11-8-12(13(16)17)18-15-11/h9-10,12H,4-8H2,1-3H3,(H,16,17). The summed E-state index contributed by atoms with van der Waals surface area (Å²) in [5.74, 6) is 0.303. The molecule has 1 aliphatic carbocycles. The van der Waals surface area contributed by atoms with Crippen LogP contribution in [0.5, 0.6) is 0 Å². The second-order valence-corrected chi connectivity index (χ2v) is 6.63. The quantitative estimate of drug-likeness (QED) is 0.822. The van der Waals surface area contributed by atoms with Crippen molar-refractivity contribution in [2.75, 3.05) is 0 Å². The number of oxime groups is 1. The topological polar surface area (TPSA) is 58.9 Å². The summed E-state index contributed by atoms with van der Waals surface area (Å²) < 4.78 is 0. The first-order valence-electron chi connectivity index (χ1n) is 6.83. The van der Waals surface area contributed by atoms with Crippen LogP contribution in [0.4, 0.5) is 0 Å². The third kappa shape index (κ3) is 2.85. The van der Waals surface area contributed by atoms with Crippen LogP contribution in [-0.2, 0) is 9.63 Å². The molecule has 1 aliphatic heterocycles. The molecule has 0 radical (unpaired) electrons. The van der Waals surface area contributed by atoms with Gasteiger partial charge < -0.3 is 9.94 Å². The number of rotatable bonds is 2. The van der Waals surface area contributed by atoms with Crippen molar-refractivity contribution in [3.63, 3.8) is 0 Å². The van der Waals surface area contributed by atoms with Gasteiger partial charge in [0.15, 0.2) is 0 Å². The average molecular weight is 253 g/mol. The van der Waals surface area contributed by atoms with E-state index in [-0.39, 0.29) is 0 Å². The predicted octanol–water partition coefficient (Wildman–Crippen LogP) is 3.07. The van der Waals surface area contributed by atoms with Crippen molar-refractivity contribution in [2.24, 2.45) is 22.4 Å². The summed E-state index contributed by atoms with van der Waals surface area (Å²) in [6, 6.07) is 0. The summed E-state index contributed by atoms with van der Waals surface area (Å²) in [7, 11) is 0. The number of nitrogens with zero attached hydrogens (tertiary/aromatic N) is 1. The van der Waals surface area contributed by atoms with Crippen LogP contribution < -0.4 is 0 Å². The Hall–Kier alpha value is -1.06. The van der Waals surface area contributed by atoms with Crippen molar-refractivity contribution in [3.05, 3.63) is 0 Å². The van der Waals surface area contributed by atoms with Gasteiger partial charge in [-0.3, -0.25) is 0 Å². The van der Waals surface area contributed by atoms with Gasteiger partial charge in [-0.05, 0) is 37.0 Å². The van der Waals surface area contributed by atoms with Crippen LogP contribution in [0.25, 0.3) is 0 Å². The molecule has 0 aromatic heterocycles. The van der Waals surface area contributed by atoms with Crippen LogP contribution in [0.15, 0.2) is 5.16 Å². The Morgan fingerprint density at radius 3 is 2.33 bits per heavy atom. The molecule has 1 fully saturated rings. The zero-order valence-corrected chi connectivity index (χ0v) is 11.5. The second-order valence-electron chi connectivity index (χ2n) is 6.63. The van der Waals surface area contributed by atoms with Gasteiger partial charge >= 0.3 is 5.97 Å². The number of hydrogen-bond donors (Lipinski definition) is 1. The normalized spacial score (nSPS) is 32.8. The first-order chi connectivity index (χ1) is 8.38. The van der Waals surface area contributed by atoms with Crippen LogP contribution in [-0.4, -0.2) is 22.9 Å². The molecule has 4 heteroatoms. The lowest BCUT2D eigenvalue weighted by atomic mass is 9.69. The number of aliphatic carboxylic acids is 1. The molecule has 102 valence electrons. The molecular formula is C14H23NO3. The number of hydrogen-bond acceptors (Lipinski definition) is 3. The first-order valence-corrected chi connectivity index (χ1v) is 6.83. The van der Waals surface area contributed by atoms with Crippen LogP contribution in [0, 0.1) is 17.3 Å². The van der Waals surface area contributed by atoms with Gasteiger partial charge in [-0.1, -0.05) is 25.9 Å². The second kappa shape index (κ2) is 4.90. The van der Waals surface area contributed by atoms with Gasteiger partial charge in [0.1, 0.15) is 0 Å². The average Bonchev–Trinajstić information content (AvgIpc) is 2.77. The highest BCUT2D eigenvalue weighted by atomic mass is 16.7. The Morgan fingerprint density at radius 2 is 1.89 bits per heavy atom. The molecule has 0 amide bonds. The van der Waals surface area contributed by atoms with E-state index in [0.29, 0.717) is 17.8 Å². The van der Waals surface area contributed by atoms with Crippen molar-refractivity contribution in [3.8, 4) is 0 Å². The predicted molar refractivity (Wildman–Crippen MR) is 69.5 cm³/mol. The van der Waals surface area contributed by atoms with Crippen molar-refractivity contribution >= 4 is 11.7 Å². The maximum Gasteiger partial charge on any atom is 0.348 e. The summed E-state index contributed by atoms with van der Waals surface area (Å²) in [4.78, 5) is 15.8. The minimum Gasteiger partial charge on any atom is -0.478 e. The molecule has 1 saturated carbocycles. The van der Waals surface area contributed by atoms with Crippen LogP contribution in [0.3, 0.4) is 0 Å². The Kier molecular flexibility index (Phi) is 3.64. The first kappa shape index (κ1) is 13.4. The maximum absolute atomic E-state index is 10.8. The van der Waals surface area contributed by atoms with Crippen molar-refractivity contribution < 1.29 is 14.7 Å². The Morgan fingerprint density at radius 1 is 1.28 bits per heavy atom. The Labute approximate surface area is 108 Å². The SMILES string of the molecule is CC(C)(C)C1CCC(C2=NOC(C(=O)O)C2)CC1. The molecule has 1 unspecified atom stereocenters. The van der Waals surface area contributed by atoms with E-state index in [1.54, 1.807) is 0 Å². The van der Waals surface area contributed by atoms with E-state index < -0.39 is 12.1 Å². The van der Waals surface area contributed by atoms with Gasteiger partial charge in [0.2, 0.25) is 6.10 Å². The molecule has 1 heterocycles. The van der Waals surface area contributed by atoms with Crippen molar-refractivity contribution in [2.45, 2.75) is 59.0 Å². The fourth-order valence-corrected chi connectivity index (χ4v) is 3.06. The molecule has 0 aromatic rings. The summed E-state index contributed by atoms with van der Waals surface area (Å²) in [5.41, 5.74) is 1.34. The van der Waals surface area contributed by atoms with Gasteiger partial charge in [-0.25, -0.2) is 4.79 Å². The fourth-order valence-electron chi connectivity index (χ4n) is 3.06. The highest BCUT2D eigenvalue weighted by Crippen LogP contribution is 2.41. The highest BCUT2D eigenvalue weighted by molar-refractivity contribution is 5.92. The van der Waals surface area contributed by atoms with Gasteiger partial charge in [0, 0.05) is 12.3 Å². The minimum absolute atomic E-state index is 0.378. The fraction of sp³-hybridized carbons (Fsp3) is 0.857. The lowest BCUT2D eigenvalue weighted by Gasteiger charge is -2.36. The smallest absolute Gasteiger partial charge is 0.348 e. The van der Waals surface area contributed by atoms with Crippen LogP contribution in [0.1, 0.15) is 52.9 Å². The molecule has 0 saturated heterocycles. The Balaban J connectivity index is 1.86. The van der Waals surface area contributed by atoms with Crippen molar-refractivity contribution in [1.82, 2.24) is 0 Å². The third-order valence-corrected chi connectivity index (χ3v) is 4.39. The third-order valence-electron chi connectivity index (χ3n) is 4.39. The van der Waals surface area contributed by atoms with E-state index in [9.17, 15) is 4.79 Å². The molecule has 18 heavy (non-hydrogen) atoms. The lowest BCUT2D eigenvalue weighted by molar-refractivity contribution is -0.148. The molecule has 4 nitrogen and oxygen atoms in total. The molecular weight excluding hydrogens is 230 g/mol. The molecule has 0 spiro atoms. The monoisotopic (exact) mass is 253 g/mol. The van der Waals surface area contributed by atoms with Gasteiger partial charge in [-0.15, -0.1) is 0 Å². The summed E-state index contributed by atoms with van der Waals surface area (Å²) in [6.45, 7) is 6.90. The van der Waals surface area contributed by atoms with E-state index in [0.717, 1.165) is 24.5 Å². The van der Waals surface area contributed by atoms with Crippen molar-refractivity contribution in [1.29, 1.82) is 0 Å². The molecule has 1 N–H and O–H groups in total. The number of carboxylic acids is 1. The summed E-state index contributed by atoms with van der Waals surface area (Å²) >= 11 is 0. The summed E-state index contributed by atoms with van der Waals surface area (Å²) in [5, 5.41) is 12.9. The molecule has 2 aliphatic rings. The summed E-state index contributed by atoms with van der Waals surface area (Å²) in [6.07, 6.45) is 4.39. The van der Waals surface area contributed by atoms with E-state index in [2.05, 4.69) is 25.9 Å². The highest BCUT2D eigenvalue weighted by Gasteiger charge is 2.36. The van der Waals surface area contributed by atoms with E-state index in [1.165, 1.54) is 12.8 Å². The van der Waals surface area contributed by atoms with E-state index in [1.807, 2.05) is 0 Å². The maximum atomic E-state index is 10.8. The van der Waals surface area contributed by atoms with Crippen LogP contribution >= 0.6 is 0 Å². The molecule has 1 atom stereocenters. The van der Waals surface area contributed by atoms with E-state index in [4.69, 9.17) is 9.94 Å². The molecule has 0 bridgehead atoms. The number of carbonyl (C=O) groups is 1. The largest absolute Gasteiger partial charge is 0.478 e. The minimum atomic E-state index is -0.905. The van der Waals surface area contributed by atoms with Gasteiger partial charge in [0.25, 0.3) is 0 Å². The lowest BCUT2D eigenvalue weighted by Crippen LogP contribution is -2.29. The molecule has 2 rings (SSSR count). The van der Waals surface area contributed by atoms with E-state index >= 15 is 0 Å². The van der Waals surface area contributed by atoms with Gasteiger partial charge in [-0.2, -0.15) is 0 Å².